The lowest BCUT2D eigenvalue weighted by Crippen LogP contribution is -2.19. The predicted octanol–water partition coefficient (Wildman–Crippen LogP) is 4.67. The second kappa shape index (κ2) is 6.79. The lowest BCUT2D eigenvalue weighted by molar-refractivity contribution is 0.0692. The molecule has 1 atom stereocenters. The minimum absolute atomic E-state index is 0.0304. The van der Waals surface area contributed by atoms with Gasteiger partial charge >= 0.3 is 0 Å². The van der Waals surface area contributed by atoms with Crippen LogP contribution in [0.4, 0.5) is 0 Å². The van der Waals surface area contributed by atoms with Crippen molar-refractivity contribution in [3.05, 3.63) is 77.1 Å². The van der Waals surface area contributed by atoms with E-state index in [-0.39, 0.29) is 6.10 Å². The van der Waals surface area contributed by atoms with Crippen LogP contribution in [-0.4, -0.2) is 21.6 Å². The van der Waals surface area contributed by atoms with Gasteiger partial charge in [-0.2, -0.15) is 5.10 Å². The van der Waals surface area contributed by atoms with Gasteiger partial charge in [0.25, 0.3) is 0 Å². The molecule has 0 saturated heterocycles. The van der Waals surface area contributed by atoms with Crippen molar-refractivity contribution in [3.8, 4) is 11.1 Å². The van der Waals surface area contributed by atoms with Gasteiger partial charge in [0.15, 0.2) is 6.10 Å². The summed E-state index contributed by atoms with van der Waals surface area (Å²) in [6.07, 6.45) is 0.833. The van der Waals surface area contributed by atoms with E-state index in [1.165, 1.54) is 22.3 Å². The summed E-state index contributed by atoms with van der Waals surface area (Å²) in [6, 6.07) is 19.0. The Morgan fingerprint density at radius 2 is 1.77 bits per heavy atom. The number of hydrogen-bond acceptors (Lipinski definition) is 3. The largest absolute Gasteiger partial charge is 0.390 e. The van der Waals surface area contributed by atoms with Gasteiger partial charge in [-0.25, -0.2) is 0 Å². The molecule has 0 bridgehead atoms. The van der Waals surface area contributed by atoms with Crippen LogP contribution in [-0.2, 0) is 11.4 Å². The summed E-state index contributed by atoms with van der Waals surface area (Å²) in [5, 5.41) is 8.92. The van der Waals surface area contributed by atoms with Crippen molar-refractivity contribution in [2.24, 2.45) is 5.16 Å². The molecule has 4 nitrogen and oxygen atoms in total. The summed E-state index contributed by atoms with van der Waals surface area (Å²) in [6.45, 7) is 6.97. The maximum absolute atomic E-state index is 5.72. The Balaban J connectivity index is 1.55. The van der Waals surface area contributed by atoms with Crippen LogP contribution in [0.3, 0.4) is 0 Å². The van der Waals surface area contributed by atoms with E-state index >= 15 is 0 Å². The van der Waals surface area contributed by atoms with Crippen LogP contribution in [0.15, 0.2) is 59.8 Å². The normalized spacial score (nSPS) is 16.4. The third kappa shape index (κ3) is 3.15. The van der Waals surface area contributed by atoms with Gasteiger partial charge in [0.2, 0.25) is 0 Å². The van der Waals surface area contributed by atoms with E-state index in [0.717, 1.165) is 30.1 Å². The third-order valence-electron chi connectivity index (χ3n) is 4.94. The molecule has 0 aliphatic carbocycles. The highest BCUT2D eigenvalue weighted by molar-refractivity contribution is 6.03. The fourth-order valence-corrected chi connectivity index (χ4v) is 3.62. The lowest BCUT2D eigenvalue weighted by atomic mass is 9.93. The molecule has 132 valence electrons. The number of aromatic nitrogens is 2. The highest BCUT2D eigenvalue weighted by Crippen LogP contribution is 2.28. The number of rotatable bonds is 4. The van der Waals surface area contributed by atoms with Crippen molar-refractivity contribution in [3.63, 3.8) is 0 Å². The Labute approximate surface area is 154 Å². The van der Waals surface area contributed by atoms with Crippen molar-refractivity contribution < 1.29 is 4.84 Å². The van der Waals surface area contributed by atoms with Gasteiger partial charge in [-0.05, 0) is 43.5 Å². The minimum Gasteiger partial charge on any atom is -0.390 e. The molecule has 1 aliphatic heterocycles. The molecule has 1 aromatic heterocycles. The van der Waals surface area contributed by atoms with Crippen LogP contribution in [0.2, 0.25) is 0 Å². The average molecular weight is 345 g/mol. The second-order valence-corrected chi connectivity index (χ2v) is 6.92. The summed E-state index contributed by atoms with van der Waals surface area (Å²) >= 11 is 0. The van der Waals surface area contributed by atoms with E-state index in [0.29, 0.717) is 0 Å². The Morgan fingerprint density at radius 3 is 2.50 bits per heavy atom. The van der Waals surface area contributed by atoms with Crippen molar-refractivity contribution in [1.29, 1.82) is 0 Å². The minimum atomic E-state index is 0.0304. The maximum Gasteiger partial charge on any atom is 0.152 e. The summed E-state index contributed by atoms with van der Waals surface area (Å²) < 4.78 is 2.01. The fourth-order valence-electron chi connectivity index (χ4n) is 3.62. The van der Waals surface area contributed by atoms with E-state index in [9.17, 15) is 0 Å². The molecule has 4 rings (SSSR count). The van der Waals surface area contributed by atoms with E-state index in [1.54, 1.807) is 0 Å². The van der Waals surface area contributed by atoms with Crippen LogP contribution < -0.4 is 0 Å². The van der Waals surface area contributed by atoms with Crippen molar-refractivity contribution in [2.75, 3.05) is 0 Å². The van der Waals surface area contributed by atoms with Crippen LogP contribution in [0, 0.1) is 20.8 Å². The summed E-state index contributed by atoms with van der Waals surface area (Å²) in [5.74, 6) is 0. The fraction of sp³-hybridized carbons (Fsp3) is 0.273. The average Bonchev–Trinajstić information content (AvgIpc) is 3.22. The van der Waals surface area contributed by atoms with Gasteiger partial charge in [0.1, 0.15) is 0 Å². The first-order valence-electron chi connectivity index (χ1n) is 9.01. The van der Waals surface area contributed by atoms with E-state index in [1.807, 2.05) is 17.7 Å². The number of aryl methyl sites for hydroxylation is 2. The van der Waals surface area contributed by atoms with Crippen LogP contribution >= 0.6 is 0 Å². The Kier molecular flexibility index (Phi) is 4.33. The van der Waals surface area contributed by atoms with Gasteiger partial charge in [-0.3, -0.25) is 4.68 Å². The molecule has 0 N–H and O–H groups in total. The Morgan fingerprint density at radius 1 is 1.00 bits per heavy atom. The number of benzene rings is 2. The molecule has 0 saturated carbocycles. The van der Waals surface area contributed by atoms with Crippen LogP contribution in [0.25, 0.3) is 11.1 Å². The molecule has 1 aliphatic rings. The SMILES string of the molecule is Cc1cc(C)n(C[C@H]2CC(c3cccc(-c4ccccc4)c3C)=NO2)n1. The molecule has 0 unspecified atom stereocenters. The van der Waals surface area contributed by atoms with Crippen LogP contribution in [0.1, 0.15) is 28.9 Å². The first kappa shape index (κ1) is 16.6. The van der Waals surface area contributed by atoms with E-state index in [4.69, 9.17) is 4.84 Å². The third-order valence-corrected chi connectivity index (χ3v) is 4.94. The van der Waals surface area contributed by atoms with Crippen molar-refractivity contribution >= 4 is 5.71 Å². The Hall–Kier alpha value is -2.88. The summed E-state index contributed by atoms with van der Waals surface area (Å²) in [7, 11) is 0. The number of hydrogen-bond donors (Lipinski definition) is 0. The zero-order valence-corrected chi connectivity index (χ0v) is 15.4. The van der Waals surface area contributed by atoms with Crippen molar-refractivity contribution in [1.82, 2.24) is 9.78 Å². The zero-order chi connectivity index (χ0) is 18.1. The van der Waals surface area contributed by atoms with E-state index < -0.39 is 0 Å². The molecule has 0 amide bonds. The van der Waals surface area contributed by atoms with E-state index in [2.05, 4.69) is 72.6 Å². The molecule has 2 heterocycles. The van der Waals surface area contributed by atoms with Gasteiger partial charge in [0.05, 0.1) is 18.0 Å². The molecule has 26 heavy (non-hydrogen) atoms. The van der Waals surface area contributed by atoms with Gasteiger partial charge in [-0.15, -0.1) is 0 Å². The molecule has 0 radical (unpaired) electrons. The molecule has 4 heteroatoms. The summed E-state index contributed by atoms with van der Waals surface area (Å²) in [5.41, 5.74) is 8.09. The second-order valence-electron chi connectivity index (χ2n) is 6.92. The van der Waals surface area contributed by atoms with Gasteiger partial charge < -0.3 is 4.84 Å². The first-order valence-corrected chi connectivity index (χ1v) is 9.01. The Bertz CT molecular complexity index is 957. The smallest absolute Gasteiger partial charge is 0.152 e. The topological polar surface area (TPSA) is 39.4 Å². The lowest BCUT2D eigenvalue weighted by Gasteiger charge is -2.12. The molecule has 0 spiro atoms. The molecule has 2 aromatic carbocycles. The quantitative estimate of drug-likeness (QED) is 0.689. The maximum atomic E-state index is 5.72. The molecular formula is C22H23N3O. The van der Waals surface area contributed by atoms with Gasteiger partial charge in [-0.1, -0.05) is 53.7 Å². The molecule has 3 aromatic rings. The monoisotopic (exact) mass is 345 g/mol. The summed E-state index contributed by atoms with van der Waals surface area (Å²) in [4.78, 5) is 5.72. The predicted molar refractivity (Wildman–Crippen MR) is 104 cm³/mol. The molecule has 0 fully saturated rings. The molecular weight excluding hydrogens is 322 g/mol. The zero-order valence-electron chi connectivity index (χ0n) is 15.4. The number of oxime groups is 1. The highest BCUT2D eigenvalue weighted by Gasteiger charge is 2.25. The van der Waals surface area contributed by atoms with Crippen LogP contribution in [0.5, 0.6) is 0 Å². The standard InChI is InChI=1S/C22H23N3O/c1-15-12-16(2)25(23-15)14-19-13-22(24-26-19)21-11-7-10-20(17(21)3)18-8-5-4-6-9-18/h4-12,19H,13-14H2,1-3H3/t19-/m1/s1. The van der Waals surface area contributed by atoms with Gasteiger partial charge in [0, 0.05) is 17.7 Å². The van der Waals surface area contributed by atoms with Crippen molar-refractivity contribution in [2.45, 2.75) is 39.8 Å². The highest BCUT2D eigenvalue weighted by atomic mass is 16.6. The number of nitrogens with zero attached hydrogens (tertiary/aromatic N) is 3. The first-order chi connectivity index (χ1) is 12.6.